The molecule has 109 valence electrons. The second kappa shape index (κ2) is 12.0. The molecule has 0 spiro atoms. The van der Waals surface area contributed by atoms with Crippen LogP contribution in [0.4, 0.5) is 0 Å². The zero-order valence-corrected chi connectivity index (χ0v) is 13.1. The number of hydrogen-bond donors (Lipinski definition) is 0. The first-order valence-electron chi connectivity index (χ1n) is 7.69. The molecule has 2 heteroatoms. The zero-order valence-electron chi connectivity index (χ0n) is 13.1. The highest BCUT2D eigenvalue weighted by atomic mass is 16.5. The van der Waals surface area contributed by atoms with Gasteiger partial charge in [-0.3, -0.25) is 0 Å². The molecule has 2 nitrogen and oxygen atoms in total. The Morgan fingerprint density at radius 1 is 0.833 bits per heavy atom. The lowest BCUT2D eigenvalue weighted by molar-refractivity contribution is 0.0504. The van der Waals surface area contributed by atoms with E-state index in [9.17, 15) is 0 Å². The molecule has 0 bridgehead atoms. The number of rotatable bonds is 12. The number of ether oxygens (including phenoxy) is 2. The Kier molecular flexibility index (Phi) is 11.9. The molecule has 18 heavy (non-hydrogen) atoms. The third-order valence-corrected chi connectivity index (χ3v) is 2.76. The maximum atomic E-state index is 5.90. The normalized spacial score (nSPS) is 12.0. The Morgan fingerprint density at radius 2 is 1.50 bits per heavy atom. The summed E-state index contributed by atoms with van der Waals surface area (Å²) in [4.78, 5) is 0. The quantitative estimate of drug-likeness (QED) is 0.452. The van der Waals surface area contributed by atoms with Crippen molar-refractivity contribution < 1.29 is 9.47 Å². The van der Waals surface area contributed by atoms with E-state index in [2.05, 4.69) is 34.6 Å². The third-order valence-electron chi connectivity index (χ3n) is 2.76. The summed E-state index contributed by atoms with van der Waals surface area (Å²) >= 11 is 0. The Labute approximate surface area is 114 Å². The number of unbranched alkanes of at least 4 members (excludes halogenated alkanes) is 3. The van der Waals surface area contributed by atoms with Gasteiger partial charge in [0.1, 0.15) is 0 Å². The van der Waals surface area contributed by atoms with Crippen LogP contribution in [0.3, 0.4) is 0 Å². The van der Waals surface area contributed by atoms with Crippen molar-refractivity contribution in [1.82, 2.24) is 0 Å². The molecule has 0 aliphatic carbocycles. The van der Waals surface area contributed by atoms with Gasteiger partial charge in [0.2, 0.25) is 0 Å². The molecule has 0 aliphatic rings. The average molecular weight is 257 g/mol. The van der Waals surface area contributed by atoms with Crippen molar-refractivity contribution in [3.05, 3.63) is 6.10 Å². The summed E-state index contributed by atoms with van der Waals surface area (Å²) in [5, 5.41) is 0. The van der Waals surface area contributed by atoms with Gasteiger partial charge in [0.15, 0.2) is 0 Å². The Bertz CT molecular complexity index is 166. The van der Waals surface area contributed by atoms with E-state index in [0.29, 0.717) is 12.2 Å². The van der Waals surface area contributed by atoms with Crippen LogP contribution in [0.2, 0.25) is 0 Å². The van der Waals surface area contributed by atoms with E-state index in [1.165, 1.54) is 31.8 Å². The van der Waals surface area contributed by atoms with Crippen molar-refractivity contribution in [3.8, 4) is 0 Å². The molecule has 0 rings (SSSR count). The molecule has 0 aliphatic heterocycles. The minimum Gasteiger partial charge on any atom is -0.379 e. The van der Waals surface area contributed by atoms with E-state index in [1.807, 2.05) is 0 Å². The van der Waals surface area contributed by atoms with Crippen LogP contribution in [0.15, 0.2) is 0 Å². The summed E-state index contributed by atoms with van der Waals surface area (Å²) in [6.07, 6.45) is 10.4. The maximum Gasteiger partial charge on any atom is 0.0975 e. The van der Waals surface area contributed by atoms with E-state index in [4.69, 9.17) is 9.47 Å². The van der Waals surface area contributed by atoms with E-state index < -0.39 is 0 Å². The minimum absolute atomic E-state index is 0.303. The van der Waals surface area contributed by atoms with Crippen LogP contribution in [0.1, 0.15) is 79.6 Å². The molecular formula is C16H33O2. The highest BCUT2D eigenvalue weighted by molar-refractivity contribution is 4.79. The Hall–Kier alpha value is -0.0800. The fourth-order valence-electron chi connectivity index (χ4n) is 1.91. The summed E-state index contributed by atoms with van der Waals surface area (Å²) in [6.45, 7) is 11.5. The molecule has 0 heterocycles. The predicted molar refractivity (Wildman–Crippen MR) is 78.5 cm³/mol. The predicted octanol–water partition coefficient (Wildman–Crippen LogP) is 5.12. The van der Waals surface area contributed by atoms with Gasteiger partial charge in [-0.25, -0.2) is 0 Å². The first-order chi connectivity index (χ1) is 8.56. The lowest BCUT2D eigenvalue weighted by Crippen LogP contribution is -2.12. The molecule has 0 saturated carbocycles. The van der Waals surface area contributed by atoms with Gasteiger partial charge in [-0.15, -0.1) is 0 Å². The van der Waals surface area contributed by atoms with Gasteiger partial charge in [-0.1, -0.05) is 32.6 Å². The third kappa shape index (κ3) is 12.4. The highest BCUT2D eigenvalue weighted by Crippen LogP contribution is 2.21. The van der Waals surface area contributed by atoms with Gasteiger partial charge in [0, 0.05) is 6.61 Å². The molecule has 1 radical (unpaired) electrons. The summed E-state index contributed by atoms with van der Waals surface area (Å²) < 4.78 is 11.5. The Morgan fingerprint density at radius 3 is 2.06 bits per heavy atom. The van der Waals surface area contributed by atoms with E-state index in [0.717, 1.165) is 25.9 Å². The molecule has 0 N–H and O–H groups in total. The van der Waals surface area contributed by atoms with Crippen molar-refractivity contribution in [2.45, 2.75) is 91.8 Å². The van der Waals surface area contributed by atoms with Gasteiger partial charge < -0.3 is 9.47 Å². The summed E-state index contributed by atoms with van der Waals surface area (Å²) in [7, 11) is 0. The molecule has 0 atom stereocenters. The van der Waals surface area contributed by atoms with E-state index in [1.54, 1.807) is 0 Å². The van der Waals surface area contributed by atoms with Crippen molar-refractivity contribution in [1.29, 1.82) is 0 Å². The van der Waals surface area contributed by atoms with Crippen molar-refractivity contribution in [2.75, 3.05) is 6.61 Å². The molecule has 0 aromatic rings. The molecule has 0 aromatic heterocycles. The van der Waals surface area contributed by atoms with Gasteiger partial charge in [-0.2, -0.15) is 0 Å². The largest absolute Gasteiger partial charge is 0.379 e. The van der Waals surface area contributed by atoms with Crippen LogP contribution >= 0.6 is 0 Å². The van der Waals surface area contributed by atoms with Gasteiger partial charge in [-0.05, 0) is 47.0 Å². The lowest BCUT2D eigenvalue weighted by atomic mass is 10.1. The standard InChI is InChI=1S/C16H33O2/c1-6-7-8-9-11-16(18-15(4)5)12-10-13-17-14(2)3/h14-15H,6-13H2,1-5H3. The highest BCUT2D eigenvalue weighted by Gasteiger charge is 2.12. The Balaban J connectivity index is 3.70. The summed E-state index contributed by atoms with van der Waals surface area (Å²) in [5.74, 6) is 0. The first-order valence-corrected chi connectivity index (χ1v) is 7.69. The summed E-state index contributed by atoms with van der Waals surface area (Å²) in [6, 6.07) is 0. The first kappa shape index (κ1) is 17.9. The molecule has 0 fully saturated rings. The minimum atomic E-state index is 0.303. The molecule has 0 aromatic carbocycles. The van der Waals surface area contributed by atoms with Crippen molar-refractivity contribution in [3.63, 3.8) is 0 Å². The van der Waals surface area contributed by atoms with Gasteiger partial charge >= 0.3 is 0 Å². The number of hydrogen-bond acceptors (Lipinski definition) is 2. The fourth-order valence-corrected chi connectivity index (χ4v) is 1.91. The fraction of sp³-hybridized carbons (Fsp3) is 0.938. The van der Waals surface area contributed by atoms with Crippen LogP contribution in [0.5, 0.6) is 0 Å². The zero-order chi connectivity index (χ0) is 13.8. The molecular weight excluding hydrogens is 224 g/mol. The van der Waals surface area contributed by atoms with Crippen LogP contribution < -0.4 is 0 Å². The van der Waals surface area contributed by atoms with Gasteiger partial charge in [0.05, 0.1) is 18.3 Å². The second-order valence-corrected chi connectivity index (χ2v) is 5.54. The maximum absolute atomic E-state index is 5.90. The SMILES string of the molecule is CCCCCC[C](CCCOC(C)C)OC(C)C. The lowest BCUT2D eigenvalue weighted by Gasteiger charge is -2.19. The second-order valence-electron chi connectivity index (χ2n) is 5.54. The molecule has 0 unspecified atom stereocenters. The van der Waals surface area contributed by atoms with Crippen molar-refractivity contribution in [2.24, 2.45) is 0 Å². The van der Waals surface area contributed by atoms with Crippen molar-refractivity contribution >= 4 is 0 Å². The van der Waals surface area contributed by atoms with Crippen LogP contribution in [-0.2, 0) is 9.47 Å². The topological polar surface area (TPSA) is 18.5 Å². The van der Waals surface area contributed by atoms with Gasteiger partial charge in [0.25, 0.3) is 0 Å². The van der Waals surface area contributed by atoms with E-state index >= 15 is 0 Å². The molecule has 0 amide bonds. The monoisotopic (exact) mass is 257 g/mol. The van der Waals surface area contributed by atoms with Crippen LogP contribution in [0.25, 0.3) is 0 Å². The summed E-state index contributed by atoms with van der Waals surface area (Å²) in [5.41, 5.74) is 0. The van der Waals surface area contributed by atoms with Crippen LogP contribution in [0, 0.1) is 6.10 Å². The molecule has 0 saturated heterocycles. The average Bonchev–Trinajstić information content (AvgIpc) is 2.28. The smallest absolute Gasteiger partial charge is 0.0975 e. The van der Waals surface area contributed by atoms with Crippen LogP contribution in [-0.4, -0.2) is 18.8 Å². The van der Waals surface area contributed by atoms with E-state index in [-0.39, 0.29) is 0 Å².